The molecule has 0 bridgehead atoms. The van der Waals surface area contributed by atoms with E-state index in [2.05, 4.69) is 18.2 Å². The van der Waals surface area contributed by atoms with Crippen molar-refractivity contribution in [1.29, 1.82) is 0 Å². The van der Waals surface area contributed by atoms with Crippen LogP contribution >= 0.6 is 0 Å². The fourth-order valence-electron chi connectivity index (χ4n) is 3.63. The van der Waals surface area contributed by atoms with E-state index < -0.39 is 0 Å². The van der Waals surface area contributed by atoms with Gasteiger partial charge in [-0.3, -0.25) is 0 Å². The minimum atomic E-state index is 0.276. The fraction of sp³-hybridized carbons (Fsp3) is 0.111. The van der Waals surface area contributed by atoms with Crippen molar-refractivity contribution in [2.45, 2.75) is 20.8 Å². The normalized spacial score (nSPS) is 10.9. The van der Waals surface area contributed by atoms with Crippen LogP contribution in [-0.2, 0) is 0 Å². The Balaban J connectivity index is 1.94. The fourth-order valence-corrected chi connectivity index (χ4v) is 3.63. The zero-order valence-corrected chi connectivity index (χ0v) is 17.3. The molecule has 0 saturated carbocycles. The van der Waals surface area contributed by atoms with E-state index in [9.17, 15) is 15.3 Å². The molecular formula is C27H24O3. The van der Waals surface area contributed by atoms with E-state index in [1.165, 1.54) is 0 Å². The lowest BCUT2D eigenvalue weighted by Gasteiger charge is -2.13. The van der Waals surface area contributed by atoms with Crippen LogP contribution in [0.25, 0.3) is 33.4 Å². The molecule has 0 aromatic heterocycles. The van der Waals surface area contributed by atoms with Gasteiger partial charge in [-0.25, -0.2) is 0 Å². The predicted molar refractivity (Wildman–Crippen MR) is 122 cm³/mol. The number of benzene rings is 4. The van der Waals surface area contributed by atoms with E-state index in [-0.39, 0.29) is 17.2 Å². The van der Waals surface area contributed by atoms with Crippen molar-refractivity contribution in [2.75, 3.05) is 0 Å². The van der Waals surface area contributed by atoms with Crippen molar-refractivity contribution in [1.82, 2.24) is 0 Å². The number of hydrogen-bond acceptors (Lipinski definition) is 3. The van der Waals surface area contributed by atoms with Gasteiger partial charge < -0.3 is 15.3 Å². The molecule has 0 heterocycles. The first-order valence-corrected chi connectivity index (χ1v) is 9.87. The Bertz CT molecular complexity index is 1090. The Kier molecular flexibility index (Phi) is 4.96. The van der Waals surface area contributed by atoms with Gasteiger partial charge in [0.25, 0.3) is 0 Å². The molecule has 3 nitrogen and oxygen atoms in total. The van der Waals surface area contributed by atoms with E-state index in [1.807, 2.05) is 57.2 Å². The number of aromatic hydroxyl groups is 3. The molecule has 3 heteroatoms. The SMILES string of the molecule is Cc1cc(-c2cc(-c3ccc(O)c(C)c3)cc(-c3ccc(O)c(C)c3)c2)ccc1O. The van der Waals surface area contributed by atoms with Gasteiger partial charge in [0.15, 0.2) is 0 Å². The maximum Gasteiger partial charge on any atom is 0.118 e. The zero-order valence-electron chi connectivity index (χ0n) is 17.3. The standard InChI is InChI=1S/C27H24O3/c1-16-10-19(4-7-25(16)28)22-13-23(20-5-8-26(29)17(2)11-20)15-24(14-22)21-6-9-27(30)18(3)12-21/h4-15,28-30H,1-3H3. The summed E-state index contributed by atoms with van der Waals surface area (Å²) < 4.78 is 0. The van der Waals surface area contributed by atoms with Crippen LogP contribution in [0.3, 0.4) is 0 Å². The molecule has 0 radical (unpaired) electrons. The monoisotopic (exact) mass is 396 g/mol. The first kappa shape index (κ1) is 19.6. The van der Waals surface area contributed by atoms with E-state index >= 15 is 0 Å². The topological polar surface area (TPSA) is 60.7 Å². The van der Waals surface area contributed by atoms with E-state index in [0.29, 0.717) is 0 Å². The average Bonchev–Trinajstić information content (AvgIpc) is 2.73. The molecule has 4 aromatic carbocycles. The number of rotatable bonds is 3. The molecule has 0 aliphatic heterocycles. The second-order valence-electron chi connectivity index (χ2n) is 7.80. The van der Waals surface area contributed by atoms with Gasteiger partial charge in [-0.05, 0) is 125 Å². The molecule has 0 atom stereocenters. The minimum Gasteiger partial charge on any atom is -0.508 e. The Morgan fingerprint density at radius 1 is 0.367 bits per heavy atom. The van der Waals surface area contributed by atoms with Gasteiger partial charge in [-0.2, -0.15) is 0 Å². The van der Waals surface area contributed by atoms with Crippen molar-refractivity contribution in [3.63, 3.8) is 0 Å². The highest BCUT2D eigenvalue weighted by Gasteiger charge is 2.10. The lowest BCUT2D eigenvalue weighted by molar-refractivity contribution is 0.471. The third-order valence-corrected chi connectivity index (χ3v) is 5.52. The van der Waals surface area contributed by atoms with E-state index in [1.54, 1.807) is 18.2 Å². The summed E-state index contributed by atoms with van der Waals surface area (Å²) in [4.78, 5) is 0. The Labute approximate surface area is 176 Å². The van der Waals surface area contributed by atoms with Crippen LogP contribution in [-0.4, -0.2) is 15.3 Å². The van der Waals surface area contributed by atoms with Gasteiger partial charge in [-0.15, -0.1) is 0 Å². The molecule has 0 spiro atoms. The van der Waals surface area contributed by atoms with Crippen LogP contribution in [0.1, 0.15) is 16.7 Å². The molecule has 0 aliphatic rings. The predicted octanol–water partition coefficient (Wildman–Crippen LogP) is 6.73. The van der Waals surface area contributed by atoms with Crippen LogP contribution in [0.5, 0.6) is 17.2 Å². The molecule has 0 fully saturated rings. The van der Waals surface area contributed by atoms with Crippen LogP contribution in [0.2, 0.25) is 0 Å². The Morgan fingerprint density at radius 3 is 0.867 bits per heavy atom. The summed E-state index contributed by atoms with van der Waals surface area (Å²) in [5.41, 5.74) is 8.59. The molecule has 30 heavy (non-hydrogen) atoms. The van der Waals surface area contributed by atoms with Crippen LogP contribution in [0.4, 0.5) is 0 Å². The minimum absolute atomic E-state index is 0.276. The number of phenolic OH excluding ortho intramolecular Hbond substituents is 3. The van der Waals surface area contributed by atoms with Gasteiger partial charge in [0.1, 0.15) is 17.2 Å². The van der Waals surface area contributed by atoms with Gasteiger partial charge >= 0.3 is 0 Å². The van der Waals surface area contributed by atoms with Crippen molar-refractivity contribution < 1.29 is 15.3 Å². The Hall–Kier alpha value is -3.72. The van der Waals surface area contributed by atoms with Gasteiger partial charge in [0.2, 0.25) is 0 Å². The lowest BCUT2D eigenvalue weighted by Crippen LogP contribution is -1.88. The molecular weight excluding hydrogens is 372 g/mol. The molecule has 0 unspecified atom stereocenters. The highest BCUT2D eigenvalue weighted by atomic mass is 16.3. The third-order valence-electron chi connectivity index (χ3n) is 5.52. The summed E-state index contributed by atoms with van der Waals surface area (Å²) >= 11 is 0. The molecule has 4 rings (SSSR count). The highest BCUT2D eigenvalue weighted by Crippen LogP contribution is 2.36. The van der Waals surface area contributed by atoms with Gasteiger partial charge in [-0.1, -0.05) is 18.2 Å². The summed E-state index contributed by atoms with van der Waals surface area (Å²) in [6.07, 6.45) is 0. The second kappa shape index (κ2) is 7.60. The van der Waals surface area contributed by atoms with Crippen LogP contribution in [0.15, 0.2) is 72.8 Å². The lowest BCUT2D eigenvalue weighted by atomic mass is 9.92. The van der Waals surface area contributed by atoms with Crippen molar-refractivity contribution >= 4 is 0 Å². The van der Waals surface area contributed by atoms with E-state index in [0.717, 1.165) is 50.1 Å². The van der Waals surface area contributed by atoms with Crippen molar-refractivity contribution in [2.24, 2.45) is 0 Å². The largest absolute Gasteiger partial charge is 0.508 e. The quantitative estimate of drug-likeness (QED) is 0.360. The van der Waals surface area contributed by atoms with Crippen molar-refractivity contribution in [3.05, 3.63) is 89.5 Å². The molecule has 3 N–H and O–H groups in total. The third kappa shape index (κ3) is 3.74. The number of aryl methyl sites for hydroxylation is 3. The number of hydrogen-bond donors (Lipinski definition) is 3. The summed E-state index contributed by atoms with van der Waals surface area (Å²) in [6.45, 7) is 5.66. The smallest absolute Gasteiger partial charge is 0.118 e. The zero-order chi connectivity index (χ0) is 21.4. The second-order valence-corrected chi connectivity index (χ2v) is 7.80. The van der Waals surface area contributed by atoms with Gasteiger partial charge in [0, 0.05) is 0 Å². The number of phenols is 3. The first-order chi connectivity index (χ1) is 14.3. The first-order valence-electron chi connectivity index (χ1n) is 9.87. The molecule has 0 amide bonds. The maximum atomic E-state index is 9.92. The summed E-state index contributed by atoms with van der Waals surface area (Å²) in [7, 11) is 0. The van der Waals surface area contributed by atoms with Crippen molar-refractivity contribution in [3.8, 4) is 50.6 Å². The van der Waals surface area contributed by atoms with Crippen LogP contribution in [0, 0.1) is 20.8 Å². The van der Waals surface area contributed by atoms with Gasteiger partial charge in [0.05, 0.1) is 0 Å². The van der Waals surface area contributed by atoms with E-state index in [4.69, 9.17) is 0 Å². The maximum absolute atomic E-state index is 9.92. The highest BCUT2D eigenvalue weighted by molar-refractivity contribution is 5.82. The molecule has 0 saturated heterocycles. The molecule has 150 valence electrons. The molecule has 4 aromatic rings. The summed E-state index contributed by atoms with van der Waals surface area (Å²) in [6, 6.07) is 23.2. The van der Waals surface area contributed by atoms with Crippen LogP contribution < -0.4 is 0 Å². The summed E-state index contributed by atoms with van der Waals surface area (Å²) in [5.74, 6) is 0.829. The molecule has 0 aliphatic carbocycles. The summed E-state index contributed by atoms with van der Waals surface area (Å²) in [5, 5.41) is 29.8. The average molecular weight is 396 g/mol. The Morgan fingerprint density at radius 2 is 0.633 bits per heavy atom.